The number of rotatable bonds is 7. The Balaban J connectivity index is 1.90. The number of hydrogen-bond donors (Lipinski definition) is 2. The third-order valence-corrected chi connectivity index (χ3v) is 3.57. The van der Waals surface area contributed by atoms with E-state index in [2.05, 4.69) is 34.4 Å². The van der Waals surface area contributed by atoms with Gasteiger partial charge in [0.05, 0.1) is 11.6 Å². The Morgan fingerprint density at radius 1 is 1.09 bits per heavy atom. The lowest BCUT2D eigenvalue weighted by atomic mass is 10.1. The highest BCUT2D eigenvalue weighted by atomic mass is 16.1. The van der Waals surface area contributed by atoms with Crippen LogP contribution in [0.3, 0.4) is 0 Å². The molecule has 0 fully saturated rings. The Labute approximate surface area is 137 Å². The average Bonchev–Trinajstić information content (AvgIpc) is 2.56. The molecule has 2 aromatic rings. The quantitative estimate of drug-likeness (QED) is 0.822. The number of hydrogen-bond acceptors (Lipinski definition) is 4. The van der Waals surface area contributed by atoms with E-state index in [0.29, 0.717) is 17.4 Å². The molecule has 0 aliphatic rings. The maximum atomic E-state index is 12.2. The molecule has 1 aromatic heterocycles. The predicted molar refractivity (Wildman–Crippen MR) is 92.3 cm³/mol. The van der Waals surface area contributed by atoms with E-state index in [0.717, 1.165) is 18.5 Å². The minimum atomic E-state index is -0.171. The van der Waals surface area contributed by atoms with Gasteiger partial charge in [-0.3, -0.25) is 4.79 Å². The second-order valence-electron chi connectivity index (χ2n) is 6.01. The van der Waals surface area contributed by atoms with E-state index in [-0.39, 0.29) is 11.9 Å². The van der Waals surface area contributed by atoms with Gasteiger partial charge in [0.2, 0.25) is 5.95 Å². The summed E-state index contributed by atoms with van der Waals surface area (Å²) < 4.78 is 0. The van der Waals surface area contributed by atoms with Crippen LogP contribution in [0.2, 0.25) is 0 Å². The van der Waals surface area contributed by atoms with Crippen molar-refractivity contribution in [2.45, 2.75) is 33.2 Å². The zero-order valence-electron chi connectivity index (χ0n) is 13.9. The van der Waals surface area contributed by atoms with Crippen molar-refractivity contribution in [2.24, 2.45) is 5.92 Å². The zero-order chi connectivity index (χ0) is 16.7. The SMILES string of the molecule is CC(C)CCNc1ncc(C(=O)NC(C)c2ccccc2)cn1. The molecular weight excluding hydrogens is 288 g/mol. The topological polar surface area (TPSA) is 66.9 Å². The second-order valence-corrected chi connectivity index (χ2v) is 6.01. The highest BCUT2D eigenvalue weighted by Crippen LogP contribution is 2.12. The van der Waals surface area contributed by atoms with Crippen LogP contribution in [0.4, 0.5) is 5.95 Å². The van der Waals surface area contributed by atoms with Crippen LogP contribution in [0.1, 0.15) is 49.2 Å². The summed E-state index contributed by atoms with van der Waals surface area (Å²) in [6.07, 6.45) is 4.16. The first-order chi connectivity index (χ1) is 11.1. The molecule has 0 aliphatic heterocycles. The fraction of sp³-hybridized carbons (Fsp3) is 0.389. The Hall–Kier alpha value is -2.43. The van der Waals surface area contributed by atoms with Crippen molar-refractivity contribution in [3.8, 4) is 0 Å². The summed E-state index contributed by atoms with van der Waals surface area (Å²) in [5.74, 6) is 1.01. The van der Waals surface area contributed by atoms with Crippen LogP contribution in [-0.4, -0.2) is 22.4 Å². The van der Waals surface area contributed by atoms with E-state index < -0.39 is 0 Å². The molecular formula is C18H24N4O. The van der Waals surface area contributed by atoms with Crippen LogP contribution in [0.5, 0.6) is 0 Å². The van der Waals surface area contributed by atoms with Gasteiger partial charge in [-0.2, -0.15) is 0 Å². The summed E-state index contributed by atoms with van der Waals surface area (Å²) >= 11 is 0. The number of nitrogens with zero attached hydrogens (tertiary/aromatic N) is 2. The van der Waals surface area contributed by atoms with Gasteiger partial charge < -0.3 is 10.6 Å². The number of aromatic nitrogens is 2. The molecule has 2 N–H and O–H groups in total. The fourth-order valence-corrected chi connectivity index (χ4v) is 2.11. The molecule has 1 aromatic carbocycles. The molecule has 122 valence electrons. The molecule has 0 bridgehead atoms. The first kappa shape index (κ1) is 16.9. The molecule has 5 nitrogen and oxygen atoms in total. The van der Waals surface area contributed by atoms with Gasteiger partial charge in [0.25, 0.3) is 5.91 Å². The molecule has 0 radical (unpaired) electrons. The number of nitrogens with one attached hydrogen (secondary N) is 2. The number of anilines is 1. The summed E-state index contributed by atoms with van der Waals surface area (Å²) in [6.45, 7) is 7.12. The Bertz CT molecular complexity index is 611. The van der Waals surface area contributed by atoms with E-state index in [4.69, 9.17) is 0 Å². The number of carbonyl (C=O) groups is 1. The molecule has 1 unspecified atom stereocenters. The molecule has 5 heteroatoms. The average molecular weight is 312 g/mol. The highest BCUT2D eigenvalue weighted by molar-refractivity contribution is 5.93. The Morgan fingerprint density at radius 2 is 1.74 bits per heavy atom. The van der Waals surface area contributed by atoms with Crippen LogP contribution in [0, 0.1) is 5.92 Å². The molecule has 0 spiro atoms. The monoisotopic (exact) mass is 312 g/mol. The molecule has 1 heterocycles. The van der Waals surface area contributed by atoms with Gasteiger partial charge in [0.15, 0.2) is 0 Å². The van der Waals surface area contributed by atoms with E-state index in [1.165, 1.54) is 0 Å². The highest BCUT2D eigenvalue weighted by Gasteiger charge is 2.12. The second kappa shape index (κ2) is 8.27. The van der Waals surface area contributed by atoms with Gasteiger partial charge in [-0.1, -0.05) is 44.2 Å². The normalized spacial score (nSPS) is 12.0. The van der Waals surface area contributed by atoms with Crippen molar-refractivity contribution in [3.63, 3.8) is 0 Å². The van der Waals surface area contributed by atoms with Gasteiger partial charge in [-0.15, -0.1) is 0 Å². The van der Waals surface area contributed by atoms with E-state index >= 15 is 0 Å². The summed E-state index contributed by atoms with van der Waals surface area (Å²) in [5.41, 5.74) is 1.52. The molecule has 0 aliphatic carbocycles. The predicted octanol–water partition coefficient (Wildman–Crippen LogP) is 3.43. The van der Waals surface area contributed by atoms with Gasteiger partial charge >= 0.3 is 0 Å². The minimum absolute atomic E-state index is 0.0625. The number of carbonyl (C=O) groups excluding carboxylic acids is 1. The molecule has 0 saturated heterocycles. The van der Waals surface area contributed by atoms with Crippen molar-refractivity contribution < 1.29 is 4.79 Å². The maximum absolute atomic E-state index is 12.2. The van der Waals surface area contributed by atoms with Gasteiger partial charge in [0.1, 0.15) is 0 Å². The summed E-state index contributed by atoms with van der Waals surface area (Å²) in [7, 11) is 0. The van der Waals surface area contributed by atoms with Crippen molar-refractivity contribution in [1.82, 2.24) is 15.3 Å². The van der Waals surface area contributed by atoms with Gasteiger partial charge in [-0.25, -0.2) is 9.97 Å². The molecule has 1 atom stereocenters. The molecule has 2 rings (SSSR count). The van der Waals surface area contributed by atoms with Crippen molar-refractivity contribution in [3.05, 3.63) is 53.9 Å². The number of benzene rings is 1. The zero-order valence-corrected chi connectivity index (χ0v) is 13.9. The first-order valence-corrected chi connectivity index (χ1v) is 7.98. The number of amides is 1. The van der Waals surface area contributed by atoms with Gasteiger partial charge in [0, 0.05) is 18.9 Å². The van der Waals surface area contributed by atoms with E-state index in [1.54, 1.807) is 12.4 Å². The molecule has 1 amide bonds. The molecule has 0 saturated carbocycles. The maximum Gasteiger partial charge on any atom is 0.254 e. The lowest BCUT2D eigenvalue weighted by Crippen LogP contribution is -2.27. The third kappa shape index (κ3) is 5.36. The van der Waals surface area contributed by atoms with Crippen molar-refractivity contribution in [2.75, 3.05) is 11.9 Å². The van der Waals surface area contributed by atoms with Gasteiger partial charge in [-0.05, 0) is 24.8 Å². The third-order valence-electron chi connectivity index (χ3n) is 3.57. The molecule has 23 heavy (non-hydrogen) atoms. The van der Waals surface area contributed by atoms with E-state index in [9.17, 15) is 4.79 Å². The summed E-state index contributed by atoms with van der Waals surface area (Å²) in [5, 5.41) is 6.11. The fourth-order valence-electron chi connectivity index (χ4n) is 2.11. The van der Waals surface area contributed by atoms with Crippen molar-refractivity contribution in [1.29, 1.82) is 0 Å². The van der Waals surface area contributed by atoms with E-state index in [1.807, 2.05) is 37.3 Å². The van der Waals surface area contributed by atoms with Crippen LogP contribution in [0.25, 0.3) is 0 Å². The smallest absolute Gasteiger partial charge is 0.254 e. The lowest BCUT2D eigenvalue weighted by Gasteiger charge is -2.14. The first-order valence-electron chi connectivity index (χ1n) is 7.98. The lowest BCUT2D eigenvalue weighted by molar-refractivity contribution is 0.0939. The summed E-state index contributed by atoms with van der Waals surface area (Å²) in [6, 6.07) is 9.79. The Kier molecular flexibility index (Phi) is 6.09. The minimum Gasteiger partial charge on any atom is -0.354 e. The van der Waals surface area contributed by atoms with Crippen LogP contribution in [-0.2, 0) is 0 Å². The van der Waals surface area contributed by atoms with Crippen LogP contribution < -0.4 is 10.6 Å². The largest absolute Gasteiger partial charge is 0.354 e. The van der Waals surface area contributed by atoms with Crippen molar-refractivity contribution >= 4 is 11.9 Å². The Morgan fingerprint density at radius 3 is 2.35 bits per heavy atom. The standard InChI is InChI=1S/C18H24N4O/c1-13(2)9-10-19-18-20-11-16(12-21-18)17(23)22-14(3)15-7-5-4-6-8-15/h4-8,11-14H,9-10H2,1-3H3,(H,22,23)(H,19,20,21). The van der Waals surface area contributed by atoms with Crippen LogP contribution >= 0.6 is 0 Å². The summed E-state index contributed by atoms with van der Waals surface area (Å²) in [4.78, 5) is 20.6. The van der Waals surface area contributed by atoms with Crippen LogP contribution in [0.15, 0.2) is 42.7 Å².